The lowest BCUT2D eigenvalue weighted by molar-refractivity contribution is -0.693. The van der Waals surface area contributed by atoms with Crippen LogP contribution in [0.15, 0.2) is 29.4 Å². The van der Waals surface area contributed by atoms with Crippen LogP contribution in [0.3, 0.4) is 0 Å². The molecule has 0 bridgehead atoms. The van der Waals surface area contributed by atoms with Crippen molar-refractivity contribution in [3.8, 4) is 0 Å². The number of pyridine rings is 1. The molecule has 0 saturated heterocycles. The second kappa shape index (κ2) is 13.2. The van der Waals surface area contributed by atoms with Gasteiger partial charge in [-0.25, -0.2) is 4.57 Å². The minimum Gasteiger partial charge on any atom is -0.205 e. The molecule has 1 heterocycles. The third kappa shape index (κ3) is 9.95. The van der Waals surface area contributed by atoms with Crippen LogP contribution < -0.4 is 4.57 Å². The maximum atomic E-state index is 2.29. The Morgan fingerprint density at radius 1 is 0.762 bits per heavy atom. The van der Waals surface area contributed by atoms with Gasteiger partial charge >= 0.3 is 0 Å². The third-order valence-corrected chi connectivity index (χ3v) is 5.09. The first-order valence-electron chi connectivity index (χ1n) is 8.98. The second-order valence-electron chi connectivity index (χ2n) is 5.89. The zero-order valence-corrected chi connectivity index (χ0v) is 15.0. The molecule has 1 aromatic heterocycles. The van der Waals surface area contributed by atoms with E-state index in [9.17, 15) is 0 Å². The van der Waals surface area contributed by atoms with Gasteiger partial charge in [0, 0.05) is 17.0 Å². The van der Waals surface area contributed by atoms with Crippen LogP contribution >= 0.6 is 11.8 Å². The molecule has 1 nitrogen and oxygen atoms in total. The molecule has 0 aliphatic rings. The van der Waals surface area contributed by atoms with Gasteiger partial charge in [-0.3, -0.25) is 0 Å². The minimum absolute atomic E-state index is 1.06. The number of hydrogen-bond donors (Lipinski definition) is 0. The molecule has 1 aromatic rings. The van der Waals surface area contributed by atoms with Gasteiger partial charge in [-0.1, -0.05) is 64.7 Å². The molecule has 0 saturated carbocycles. The average molecular weight is 309 g/mol. The molecule has 0 atom stereocenters. The number of aromatic nitrogens is 1. The van der Waals surface area contributed by atoms with Crippen molar-refractivity contribution in [2.24, 2.45) is 0 Å². The number of hydrogen-bond acceptors (Lipinski definition) is 1. The highest BCUT2D eigenvalue weighted by molar-refractivity contribution is 7.99. The maximum Gasteiger partial charge on any atom is 0.169 e. The molecule has 0 unspecified atom stereocenters. The predicted molar refractivity (Wildman–Crippen MR) is 94.9 cm³/mol. The largest absolute Gasteiger partial charge is 0.205 e. The van der Waals surface area contributed by atoms with E-state index < -0.39 is 0 Å². The summed E-state index contributed by atoms with van der Waals surface area (Å²) in [7, 11) is 0. The molecule has 0 amide bonds. The number of rotatable bonds is 13. The van der Waals surface area contributed by atoms with Gasteiger partial charge in [-0.15, -0.1) is 11.8 Å². The van der Waals surface area contributed by atoms with Crippen LogP contribution in [0.25, 0.3) is 0 Å². The Bertz CT molecular complexity index is 334. The molecule has 0 aliphatic carbocycles. The molecular formula is C19H34NS+. The Balaban J connectivity index is 1.88. The highest BCUT2D eigenvalue weighted by Crippen LogP contribution is 2.18. The maximum absolute atomic E-state index is 2.29. The van der Waals surface area contributed by atoms with Crippen molar-refractivity contribution >= 4 is 11.8 Å². The summed E-state index contributed by atoms with van der Waals surface area (Å²) in [5.74, 6) is 1.27. The zero-order valence-electron chi connectivity index (χ0n) is 14.2. The number of aryl methyl sites for hydroxylation is 1. The molecule has 1 rings (SSSR count). The fraction of sp³-hybridized carbons (Fsp3) is 0.737. The first-order chi connectivity index (χ1) is 10.4. The Morgan fingerprint density at radius 3 is 1.81 bits per heavy atom. The smallest absolute Gasteiger partial charge is 0.169 e. The minimum atomic E-state index is 1.06. The highest BCUT2D eigenvalue weighted by Gasteiger charge is 1.99. The van der Waals surface area contributed by atoms with E-state index in [0.29, 0.717) is 0 Å². The van der Waals surface area contributed by atoms with Crippen LogP contribution in [0.2, 0.25) is 0 Å². The third-order valence-electron chi connectivity index (χ3n) is 3.99. The van der Waals surface area contributed by atoms with E-state index >= 15 is 0 Å². The lowest BCUT2D eigenvalue weighted by Crippen LogP contribution is -2.30. The monoisotopic (exact) mass is 308 g/mol. The van der Waals surface area contributed by atoms with Crippen molar-refractivity contribution < 1.29 is 4.57 Å². The van der Waals surface area contributed by atoms with Crippen LogP contribution in [0.1, 0.15) is 78.1 Å². The van der Waals surface area contributed by atoms with Gasteiger partial charge in [0.2, 0.25) is 0 Å². The van der Waals surface area contributed by atoms with Crippen molar-refractivity contribution in [1.29, 1.82) is 0 Å². The van der Waals surface area contributed by atoms with Gasteiger partial charge in [-0.2, -0.15) is 0 Å². The molecule has 0 spiro atoms. The van der Waals surface area contributed by atoms with Crippen LogP contribution in [0, 0.1) is 0 Å². The normalized spacial score (nSPS) is 11.0. The summed E-state index contributed by atoms with van der Waals surface area (Å²) in [5.41, 5.74) is 0. The Morgan fingerprint density at radius 2 is 1.29 bits per heavy atom. The lowest BCUT2D eigenvalue weighted by atomic mass is 10.1. The molecule has 21 heavy (non-hydrogen) atoms. The second-order valence-corrected chi connectivity index (χ2v) is 7.06. The molecule has 2 heteroatoms. The van der Waals surface area contributed by atoms with Crippen LogP contribution in [0.5, 0.6) is 0 Å². The molecule has 0 aromatic carbocycles. The summed E-state index contributed by atoms with van der Waals surface area (Å²) in [6.07, 6.45) is 18.6. The number of nitrogens with zero attached hydrogens (tertiary/aromatic N) is 1. The first-order valence-corrected chi connectivity index (χ1v) is 9.97. The number of thioether (sulfide) groups is 1. The van der Waals surface area contributed by atoms with E-state index in [1.807, 2.05) is 11.8 Å². The fourth-order valence-corrected chi connectivity index (χ4v) is 3.43. The van der Waals surface area contributed by atoms with E-state index in [1.165, 1.54) is 74.9 Å². The number of unbranched alkanes of at least 4 members (excludes halogenated alkanes) is 9. The molecule has 0 radical (unpaired) electrons. The van der Waals surface area contributed by atoms with Gasteiger partial charge < -0.3 is 0 Å². The van der Waals surface area contributed by atoms with Crippen molar-refractivity contribution in [1.82, 2.24) is 0 Å². The van der Waals surface area contributed by atoms with Gasteiger partial charge in [-0.05, 0) is 19.1 Å². The molecule has 0 aliphatic heterocycles. The summed E-state index contributed by atoms with van der Waals surface area (Å²) < 4.78 is 2.21. The summed E-state index contributed by atoms with van der Waals surface area (Å²) in [6, 6.07) is 4.48. The fourth-order valence-electron chi connectivity index (χ4n) is 2.53. The Kier molecular flexibility index (Phi) is 11.6. The summed E-state index contributed by atoms with van der Waals surface area (Å²) in [5, 5.41) is 0. The molecule has 120 valence electrons. The van der Waals surface area contributed by atoms with Crippen molar-refractivity contribution in [2.75, 3.05) is 5.75 Å². The van der Waals surface area contributed by atoms with E-state index in [2.05, 4.69) is 42.9 Å². The van der Waals surface area contributed by atoms with E-state index in [4.69, 9.17) is 0 Å². The Hall–Kier alpha value is -0.500. The van der Waals surface area contributed by atoms with Gasteiger partial charge in [0.25, 0.3) is 0 Å². The molecular weight excluding hydrogens is 274 g/mol. The van der Waals surface area contributed by atoms with Crippen LogP contribution in [0.4, 0.5) is 0 Å². The standard InChI is InChI=1S/C19H34NS/c1-3-5-6-7-8-9-10-11-12-13-18-21-19-14-16-20(4-2)17-15-19/h14-17H,3-13,18H2,1-2H3/q+1. The van der Waals surface area contributed by atoms with Crippen molar-refractivity contribution in [3.05, 3.63) is 24.5 Å². The molecule has 0 fully saturated rings. The van der Waals surface area contributed by atoms with Crippen LogP contribution in [-0.4, -0.2) is 5.75 Å². The molecule has 0 N–H and O–H groups in total. The van der Waals surface area contributed by atoms with Crippen molar-refractivity contribution in [3.63, 3.8) is 0 Å². The van der Waals surface area contributed by atoms with Gasteiger partial charge in [0.15, 0.2) is 12.4 Å². The average Bonchev–Trinajstić information content (AvgIpc) is 2.53. The van der Waals surface area contributed by atoms with Gasteiger partial charge in [0.1, 0.15) is 6.54 Å². The quantitative estimate of drug-likeness (QED) is 0.245. The predicted octanol–water partition coefficient (Wildman–Crippen LogP) is 6.01. The SMILES string of the molecule is CCCCCCCCCCCCSc1cc[n+](CC)cc1. The Labute approximate surface area is 136 Å². The first kappa shape index (κ1) is 18.5. The van der Waals surface area contributed by atoms with Gasteiger partial charge in [0.05, 0.1) is 0 Å². The van der Waals surface area contributed by atoms with E-state index in [0.717, 1.165) is 6.54 Å². The van der Waals surface area contributed by atoms with Crippen molar-refractivity contribution in [2.45, 2.75) is 89.5 Å². The summed E-state index contributed by atoms with van der Waals surface area (Å²) in [4.78, 5) is 1.41. The zero-order chi connectivity index (χ0) is 15.2. The highest BCUT2D eigenvalue weighted by atomic mass is 32.2. The van der Waals surface area contributed by atoms with E-state index in [1.54, 1.807) is 0 Å². The summed E-state index contributed by atoms with van der Waals surface area (Å²) in [6.45, 7) is 5.52. The van der Waals surface area contributed by atoms with Crippen LogP contribution in [-0.2, 0) is 6.54 Å². The topological polar surface area (TPSA) is 3.88 Å². The van der Waals surface area contributed by atoms with E-state index in [-0.39, 0.29) is 0 Å². The summed E-state index contributed by atoms with van der Waals surface area (Å²) >= 11 is 2.00. The lowest BCUT2D eigenvalue weighted by Gasteiger charge is -2.03.